The lowest BCUT2D eigenvalue weighted by atomic mass is 10.2. The molecule has 0 spiro atoms. The summed E-state index contributed by atoms with van der Waals surface area (Å²) in [5, 5.41) is 3.25. The zero-order valence-electron chi connectivity index (χ0n) is 11.4. The minimum atomic E-state index is -4.34. The molecule has 0 aromatic heterocycles. The maximum Gasteiger partial charge on any atom is 0.416 e. The van der Waals surface area contributed by atoms with Crippen LogP contribution in [-0.4, -0.2) is 18.7 Å². The number of hydrogen-bond donors (Lipinski definition) is 1. The zero-order valence-corrected chi connectivity index (χ0v) is 11.4. The predicted molar refractivity (Wildman–Crippen MR) is 69.3 cm³/mol. The van der Waals surface area contributed by atoms with Gasteiger partial charge in [-0.1, -0.05) is 13.0 Å². The Labute approximate surface area is 112 Å². The van der Waals surface area contributed by atoms with Crippen LogP contribution in [0.3, 0.4) is 0 Å². The van der Waals surface area contributed by atoms with Gasteiger partial charge in [-0.2, -0.15) is 13.2 Å². The molecule has 5 heteroatoms. The highest BCUT2D eigenvalue weighted by Gasteiger charge is 2.30. The molecule has 0 aliphatic carbocycles. The van der Waals surface area contributed by atoms with Gasteiger partial charge in [0.2, 0.25) is 0 Å². The predicted octanol–water partition coefficient (Wildman–Crippen LogP) is 3.86. The van der Waals surface area contributed by atoms with Gasteiger partial charge in [-0.05, 0) is 38.5 Å². The van der Waals surface area contributed by atoms with Gasteiger partial charge in [0.15, 0.2) is 0 Å². The summed E-state index contributed by atoms with van der Waals surface area (Å²) < 4.78 is 43.1. The topological polar surface area (TPSA) is 21.3 Å². The van der Waals surface area contributed by atoms with Gasteiger partial charge in [-0.3, -0.25) is 0 Å². The van der Waals surface area contributed by atoms with E-state index in [1.165, 1.54) is 12.1 Å². The third kappa shape index (κ3) is 5.51. The van der Waals surface area contributed by atoms with Crippen LogP contribution in [0.5, 0.6) is 5.75 Å². The Morgan fingerprint density at radius 1 is 1.26 bits per heavy atom. The molecule has 0 fully saturated rings. The minimum Gasteiger partial charge on any atom is -0.489 e. The Bertz CT molecular complexity index is 393. The fourth-order valence-electron chi connectivity index (χ4n) is 1.53. The van der Waals surface area contributed by atoms with Gasteiger partial charge >= 0.3 is 6.18 Å². The van der Waals surface area contributed by atoms with Gasteiger partial charge in [0.05, 0.1) is 5.56 Å². The van der Waals surface area contributed by atoms with Gasteiger partial charge in [0, 0.05) is 12.6 Å². The van der Waals surface area contributed by atoms with E-state index in [-0.39, 0.29) is 11.9 Å². The van der Waals surface area contributed by atoms with Crippen molar-refractivity contribution in [3.63, 3.8) is 0 Å². The smallest absolute Gasteiger partial charge is 0.416 e. The van der Waals surface area contributed by atoms with Crippen molar-refractivity contribution in [2.24, 2.45) is 0 Å². The molecule has 1 N–H and O–H groups in total. The first-order chi connectivity index (χ1) is 8.82. The van der Waals surface area contributed by atoms with Crippen LogP contribution in [0.2, 0.25) is 0 Å². The summed E-state index contributed by atoms with van der Waals surface area (Å²) >= 11 is 0. The number of rotatable bonds is 6. The summed E-state index contributed by atoms with van der Waals surface area (Å²) in [5.41, 5.74) is -0.688. The van der Waals surface area contributed by atoms with Crippen LogP contribution in [0.15, 0.2) is 24.3 Å². The molecular formula is C14H20F3NO. The standard InChI is InChI=1S/C14H20F3NO/c1-4-10(2)18-9-11(3)19-13-7-5-6-12(8-13)14(15,16)17/h5-8,10-11,18H,4,9H2,1-3H3. The number of benzene rings is 1. The molecule has 1 aromatic carbocycles. The van der Waals surface area contributed by atoms with E-state index in [1.807, 2.05) is 6.92 Å². The van der Waals surface area contributed by atoms with E-state index in [0.29, 0.717) is 12.6 Å². The van der Waals surface area contributed by atoms with Gasteiger partial charge in [-0.15, -0.1) is 0 Å². The molecule has 0 aliphatic heterocycles. The van der Waals surface area contributed by atoms with E-state index < -0.39 is 11.7 Å². The van der Waals surface area contributed by atoms with Crippen molar-refractivity contribution >= 4 is 0 Å². The Hall–Kier alpha value is -1.23. The monoisotopic (exact) mass is 275 g/mol. The van der Waals surface area contributed by atoms with Crippen LogP contribution in [0.4, 0.5) is 13.2 Å². The van der Waals surface area contributed by atoms with Gasteiger partial charge in [-0.25, -0.2) is 0 Å². The fourth-order valence-corrected chi connectivity index (χ4v) is 1.53. The molecule has 0 saturated heterocycles. The molecular weight excluding hydrogens is 255 g/mol. The van der Waals surface area contributed by atoms with Crippen LogP contribution in [-0.2, 0) is 6.18 Å². The molecule has 0 radical (unpaired) electrons. The van der Waals surface area contributed by atoms with Crippen molar-refractivity contribution in [3.05, 3.63) is 29.8 Å². The molecule has 2 unspecified atom stereocenters. The largest absolute Gasteiger partial charge is 0.489 e. The van der Waals surface area contributed by atoms with Crippen LogP contribution in [0.1, 0.15) is 32.8 Å². The van der Waals surface area contributed by atoms with Crippen LogP contribution < -0.4 is 10.1 Å². The lowest BCUT2D eigenvalue weighted by molar-refractivity contribution is -0.137. The van der Waals surface area contributed by atoms with Crippen molar-refractivity contribution in [1.29, 1.82) is 0 Å². The van der Waals surface area contributed by atoms with Crippen LogP contribution in [0, 0.1) is 0 Å². The number of nitrogens with one attached hydrogen (secondary N) is 1. The van der Waals surface area contributed by atoms with Crippen molar-refractivity contribution in [2.45, 2.75) is 45.5 Å². The molecule has 0 saturated carbocycles. The first-order valence-corrected chi connectivity index (χ1v) is 6.40. The highest BCUT2D eigenvalue weighted by Crippen LogP contribution is 2.31. The summed E-state index contributed by atoms with van der Waals surface area (Å²) in [5.74, 6) is 0.244. The number of alkyl halides is 3. The van der Waals surface area contributed by atoms with E-state index >= 15 is 0 Å². The average molecular weight is 275 g/mol. The second-order valence-corrected chi connectivity index (χ2v) is 4.67. The van der Waals surface area contributed by atoms with Crippen molar-refractivity contribution in [1.82, 2.24) is 5.32 Å². The van der Waals surface area contributed by atoms with E-state index in [4.69, 9.17) is 4.74 Å². The normalized spacial score (nSPS) is 15.1. The summed E-state index contributed by atoms with van der Waals surface area (Å²) in [6, 6.07) is 5.32. The fraction of sp³-hybridized carbons (Fsp3) is 0.571. The second kappa shape index (κ2) is 6.80. The summed E-state index contributed by atoms with van der Waals surface area (Å²) in [6.07, 6.45) is -3.52. The van der Waals surface area contributed by atoms with Crippen LogP contribution in [0.25, 0.3) is 0 Å². The summed E-state index contributed by atoms with van der Waals surface area (Å²) in [6.45, 7) is 6.55. The molecule has 0 aliphatic rings. The van der Waals surface area contributed by atoms with E-state index in [1.54, 1.807) is 0 Å². The summed E-state index contributed by atoms with van der Waals surface area (Å²) in [4.78, 5) is 0. The maximum absolute atomic E-state index is 12.5. The molecule has 0 bridgehead atoms. The molecule has 0 amide bonds. The number of ether oxygens (including phenoxy) is 1. The highest BCUT2D eigenvalue weighted by molar-refractivity contribution is 5.30. The Kier molecular flexibility index (Phi) is 5.66. The SMILES string of the molecule is CCC(C)NCC(C)Oc1cccc(C(F)(F)F)c1. The minimum absolute atomic E-state index is 0.183. The Balaban J connectivity index is 2.57. The first-order valence-electron chi connectivity index (χ1n) is 6.40. The number of hydrogen-bond acceptors (Lipinski definition) is 2. The highest BCUT2D eigenvalue weighted by atomic mass is 19.4. The van der Waals surface area contributed by atoms with Crippen molar-refractivity contribution < 1.29 is 17.9 Å². The lowest BCUT2D eigenvalue weighted by Crippen LogP contribution is -2.34. The van der Waals surface area contributed by atoms with E-state index in [0.717, 1.165) is 18.6 Å². The number of halogens is 3. The average Bonchev–Trinajstić information content (AvgIpc) is 2.35. The third-order valence-electron chi connectivity index (χ3n) is 2.86. The van der Waals surface area contributed by atoms with Gasteiger partial charge < -0.3 is 10.1 Å². The third-order valence-corrected chi connectivity index (χ3v) is 2.86. The molecule has 19 heavy (non-hydrogen) atoms. The van der Waals surface area contributed by atoms with Crippen LogP contribution >= 0.6 is 0 Å². The maximum atomic E-state index is 12.5. The molecule has 0 heterocycles. The molecule has 1 aromatic rings. The molecule has 2 nitrogen and oxygen atoms in total. The summed E-state index contributed by atoms with van der Waals surface area (Å²) in [7, 11) is 0. The molecule has 108 valence electrons. The van der Waals surface area contributed by atoms with E-state index in [9.17, 15) is 13.2 Å². The molecule has 2 atom stereocenters. The first kappa shape index (κ1) is 15.8. The molecule has 1 rings (SSSR count). The Morgan fingerprint density at radius 2 is 1.95 bits per heavy atom. The lowest BCUT2D eigenvalue weighted by Gasteiger charge is -2.19. The quantitative estimate of drug-likeness (QED) is 0.851. The second-order valence-electron chi connectivity index (χ2n) is 4.67. The van der Waals surface area contributed by atoms with Crippen molar-refractivity contribution in [2.75, 3.05) is 6.54 Å². The van der Waals surface area contributed by atoms with E-state index in [2.05, 4.69) is 19.2 Å². The Morgan fingerprint density at radius 3 is 2.53 bits per heavy atom. The zero-order chi connectivity index (χ0) is 14.5. The van der Waals surface area contributed by atoms with Crippen molar-refractivity contribution in [3.8, 4) is 5.75 Å². The van der Waals surface area contributed by atoms with Gasteiger partial charge in [0.1, 0.15) is 11.9 Å². The van der Waals surface area contributed by atoms with Gasteiger partial charge in [0.25, 0.3) is 0 Å².